The van der Waals surface area contributed by atoms with E-state index in [2.05, 4.69) is 20.6 Å². The number of nitrogens with zero attached hydrogens (tertiary/aromatic N) is 3. The lowest BCUT2D eigenvalue weighted by Gasteiger charge is -2.30. The maximum absolute atomic E-state index is 12.3. The summed E-state index contributed by atoms with van der Waals surface area (Å²) in [6.07, 6.45) is 0. The zero-order valence-corrected chi connectivity index (χ0v) is 14.1. The number of nitrogens with one attached hydrogen (secondary N) is 2. The SMILES string of the molecule is Cc1nn(C)c(N2CCNCC2)c1NC(=O)COc1ccccc1. The average Bonchev–Trinajstić information content (AvgIpc) is 2.88. The molecule has 0 unspecified atom stereocenters. The lowest BCUT2D eigenvalue weighted by atomic mass is 10.3. The number of benzene rings is 1. The molecule has 1 aliphatic heterocycles. The number of amides is 1. The van der Waals surface area contributed by atoms with Crippen molar-refractivity contribution < 1.29 is 9.53 Å². The van der Waals surface area contributed by atoms with Crippen molar-refractivity contribution in [2.45, 2.75) is 6.92 Å². The van der Waals surface area contributed by atoms with Gasteiger partial charge in [0, 0.05) is 33.2 Å². The monoisotopic (exact) mass is 329 g/mol. The molecule has 128 valence electrons. The van der Waals surface area contributed by atoms with Crippen LogP contribution in [0.4, 0.5) is 11.5 Å². The maximum Gasteiger partial charge on any atom is 0.262 e. The van der Waals surface area contributed by atoms with Crippen LogP contribution in [-0.2, 0) is 11.8 Å². The van der Waals surface area contributed by atoms with Gasteiger partial charge in [0.05, 0.1) is 5.69 Å². The van der Waals surface area contributed by atoms with E-state index in [0.717, 1.165) is 43.4 Å². The van der Waals surface area contributed by atoms with Crippen molar-refractivity contribution in [3.63, 3.8) is 0 Å². The third-order valence-corrected chi connectivity index (χ3v) is 3.99. The number of ether oxygens (including phenoxy) is 1. The molecule has 2 aromatic rings. The van der Waals surface area contributed by atoms with E-state index in [1.807, 2.05) is 49.0 Å². The number of aromatic nitrogens is 2. The molecule has 1 aliphatic rings. The number of hydrogen-bond donors (Lipinski definition) is 2. The van der Waals surface area contributed by atoms with E-state index in [1.54, 1.807) is 0 Å². The molecule has 1 amide bonds. The summed E-state index contributed by atoms with van der Waals surface area (Å²) in [6.45, 7) is 5.51. The average molecular weight is 329 g/mol. The van der Waals surface area contributed by atoms with E-state index in [-0.39, 0.29) is 12.5 Å². The summed E-state index contributed by atoms with van der Waals surface area (Å²) in [5.41, 5.74) is 1.57. The minimum absolute atomic E-state index is 0.0284. The first-order chi connectivity index (χ1) is 11.6. The first-order valence-electron chi connectivity index (χ1n) is 8.12. The van der Waals surface area contributed by atoms with Gasteiger partial charge in [0.15, 0.2) is 12.4 Å². The number of carbonyl (C=O) groups is 1. The molecule has 1 fully saturated rings. The summed E-state index contributed by atoms with van der Waals surface area (Å²) in [6, 6.07) is 9.32. The molecule has 1 aromatic heterocycles. The smallest absolute Gasteiger partial charge is 0.262 e. The van der Waals surface area contributed by atoms with Crippen LogP contribution in [0, 0.1) is 6.92 Å². The Balaban J connectivity index is 1.68. The minimum Gasteiger partial charge on any atom is -0.484 e. The van der Waals surface area contributed by atoms with E-state index in [4.69, 9.17) is 4.74 Å². The number of carbonyl (C=O) groups excluding carboxylic acids is 1. The standard InChI is InChI=1S/C17H23N5O2/c1-13-16(17(21(2)20-13)22-10-8-18-9-11-22)19-15(23)12-24-14-6-4-3-5-7-14/h3-7,18H,8-12H2,1-2H3,(H,19,23). The first-order valence-corrected chi connectivity index (χ1v) is 8.12. The van der Waals surface area contributed by atoms with Gasteiger partial charge < -0.3 is 20.3 Å². The zero-order chi connectivity index (χ0) is 16.9. The third-order valence-electron chi connectivity index (χ3n) is 3.99. The Bertz CT molecular complexity index is 693. The van der Waals surface area contributed by atoms with Gasteiger partial charge in [0.25, 0.3) is 5.91 Å². The highest BCUT2D eigenvalue weighted by atomic mass is 16.5. The van der Waals surface area contributed by atoms with Gasteiger partial charge in [-0.3, -0.25) is 9.48 Å². The molecule has 1 saturated heterocycles. The molecule has 0 bridgehead atoms. The highest BCUT2D eigenvalue weighted by Gasteiger charge is 2.22. The predicted octanol–water partition coefficient (Wildman–Crippen LogP) is 1.16. The predicted molar refractivity (Wildman–Crippen MR) is 93.6 cm³/mol. The lowest BCUT2D eigenvalue weighted by Crippen LogP contribution is -2.44. The fraction of sp³-hybridized carbons (Fsp3) is 0.412. The molecular formula is C17H23N5O2. The number of rotatable bonds is 5. The van der Waals surface area contributed by atoms with Crippen LogP contribution in [0.15, 0.2) is 30.3 Å². The van der Waals surface area contributed by atoms with Crippen molar-refractivity contribution in [1.29, 1.82) is 0 Å². The normalized spacial score (nSPS) is 14.5. The van der Waals surface area contributed by atoms with E-state index in [9.17, 15) is 4.79 Å². The van der Waals surface area contributed by atoms with Crippen molar-refractivity contribution >= 4 is 17.4 Å². The van der Waals surface area contributed by atoms with Gasteiger partial charge in [0.1, 0.15) is 11.4 Å². The number of anilines is 2. The van der Waals surface area contributed by atoms with Crippen LogP contribution in [0.2, 0.25) is 0 Å². The first kappa shape index (κ1) is 16.3. The van der Waals surface area contributed by atoms with Gasteiger partial charge in [-0.2, -0.15) is 5.10 Å². The number of para-hydroxylation sites is 1. The summed E-state index contributed by atoms with van der Waals surface area (Å²) in [5, 5.41) is 10.7. The van der Waals surface area contributed by atoms with E-state index >= 15 is 0 Å². The molecule has 7 nitrogen and oxygen atoms in total. The molecule has 3 rings (SSSR count). The van der Waals surface area contributed by atoms with Gasteiger partial charge in [-0.25, -0.2) is 0 Å². The summed E-state index contributed by atoms with van der Waals surface area (Å²) < 4.78 is 7.34. The Kier molecular flexibility index (Phi) is 5.00. The molecule has 2 N–H and O–H groups in total. The topological polar surface area (TPSA) is 71.4 Å². The molecular weight excluding hydrogens is 306 g/mol. The molecule has 7 heteroatoms. The molecule has 0 radical (unpaired) electrons. The van der Waals surface area contributed by atoms with E-state index in [1.165, 1.54) is 0 Å². The van der Waals surface area contributed by atoms with Crippen LogP contribution >= 0.6 is 0 Å². The molecule has 0 spiro atoms. The van der Waals surface area contributed by atoms with Gasteiger partial charge in [0.2, 0.25) is 0 Å². The zero-order valence-electron chi connectivity index (χ0n) is 14.1. The molecule has 0 saturated carbocycles. The van der Waals surface area contributed by atoms with Gasteiger partial charge in [-0.05, 0) is 19.1 Å². The highest BCUT2D eigenvalue weighted by molar-refractivity contribution is 5.95. The van der Waals surface area contributed by atoms with E-state index in [0.29, 0.717) is 5.75 Å². The largest absolute Gasteiger partial charge is 0.484 e. The summed E-state index contributed by atoms with van der Waals surface area (Å²) in [5.74, 6) is 1.44. The molecule has 0 atom stereocenters. The quantitative estimate of drug-likeness (QED) is 0.861. The molecule has 0 aliphatic carbocycles. The second kappa shape index (κ2) is 7.35. The molecule has 1 aromatic carbocycles. The molecule has 24 heavy (non-hydrogen) atoms. The number of piperazine rings is 1. The van der Waals surface area contributed by atoms with Crippen LogP contribution in [-0.4, -0.2) is 48.5 Å². The van der Waals surface area contributed by atoms with Crippen LogP contribution in [0.25, 0.3) is 0 Å². The van der Waals surface area contributed by atoms with Crippen LogP contribution < -0.4 is 20.3 Å². The second-order valence-corrected chi connectivity index (χ2v) is 5.79. The minimum atomic E-state index is -0.189. The van der Waals surface area contributed by atoms with Gasteiger partial charge in [-0.15, -0.1) is 0 Å². The Morgan fingerprint density at radius 2 is 2.00 bits per heavy atom. The summed E-state index contributed by atoms with van der Waals surface area (Å²) in [7, 11) is 1.90. The van der Waals surface area contributed by atoms with Crippen molar-refractivity contribution in [3.05, 3.63) is 36.0 Å². The summed E-state index contributed by atoms with van der Waals surface area (Å²) >= 11 is 0. The van der Waals surface area contributed by atoms with Gasteiger partial charge in [-0.1, -0.05) is 18.2 Å². The highest BCUT2D eigenvalue weighted by Crippen LogP contribution is 2.29. The van der Waals surface area contributed by atoms with Crippen molar-refractivity contribution in [2.75, 3.05) is 43.0 Å². The van der Waals surface area contributed by atoms with Gasteiger partial charge >= 0.3 is 0 Å². The van der Waals surface area contributed by atoms with Crippen LogP contribution in [0.1, 0.15) is 5.69 Å². The fourth-order valence-corrected chi connectivity index (χ4v) is 2.87. The van der Waals surface area contributed by atoms with Crippen LogP contribution in [0.5, 0.6) is 5.75 Å². The lowest BCUT2D eigenvalue weighted by molar-refractivity contribution is -0.118. The number of aryl methyl sites for hydroxylation is 2. The molecule has 2 heterocycles. The maximum atomic E-state index is 12.3. The van der Waals surface area contributed by atoms with Crippen LogP contribution in [0.3, 0.4) is 0 Å². The Morgan fingerprint density at radius 3 is 2.71 bits per heavy atom. The summed E-state index contributed by atoms with van der Waals surface area (Å²) in [4.78, 5) is 14.5. The Morgan fingerprint density at radius 1 is 1.29 bits per heavy atom. The van der Waals surface area contributed by atoms with Crippen molar-refractivity contribution in [3.8, 4) is 5.75 Å². The second-order valence-electron chi connectivity index (χ2n) is 5.79. The van der Waals surface area contributed by atoms with E-state index < -0.39 is 0 Å². The van der Waals surface area contributed by atoms with Crippen molar-refractivity contribution in [1.82, 2.24) is 15.1 Å². The third kappa shape index (κ3) is 3.68. The Labute approximate surface area is 141 Å². The Hall–Kier alpha value is -2.54. The van der Waals surface area contributed by atoms with Crippen molar-refractivity contribution in [2.24, 2.45) is 7.05 Å². The number of hydrogen-bond acceptors (Lipinski definition) is 5. The fourth-order valence-electron chi connectivity index (χ4n) is 2.87.